The summed E-state index contributed by atoms with van der Waals surface area (Å²) in [6.07, 6.45) is 0.338. The van der Waals surface area contributed by atoms with E-state index < -0.39 is 0 Å². The van der Waals surface area contributed by atoms with Gasteiger partial charge in [-0.25, -0.2) is 0 Å². The number of anilines is 1. The second kappa shape index (κ2) is 4.54. The number of carbonyl (C=O) groups is 2. The molecule has 0 aromatic carbocycles. The number of nitrogens with zero attached hydrogens (tertiary/aromatic N) is 2. The molecule has 0 aliphatic carbocycles. The zero-order chi connectivity index (χ0) is 12.6. The van der Waals surface area contributed by atoms with E-state index in [0.29, 0.717) is 29.2 Å². The molecule has 1 unspecified atom stereocenters. The zero-order valence-electron chi connectivity index (χ0n) is 9.77. The van der Waals surface area contributed by atoms with Crippen molar-refractivity contribution in [1.82, 2.24) is 4.37 Å². The molecule has 1 aliphatic rings. The van der Waals surface area contributed by atoms with Gasteiger partial charge in [0, 0.05) is 25.5 Å². The fourth-order valence-electron chi connectivity index (χ4n) is 2.05. The molecule has 1 saturated heterocycles. The Balaban J connectivity index is 2.35. The molecule has 1 aliphatic heterocycles. The number of amides is 1. The molecule has 1 N–H and O–H groups in total. The Morgan fingerprint density at radius 2 is 2.35 bits per heavy atom. The van der Waals surface area contributed by atoms with E-state index >= 15 is 0 Å². The molecule has 5 nitrogen and oxygen atoms in total. The average Bonchev–Trinajstić information content (AvgIpc) is 2.81. The molecule has 1 aromatic rings. The maximum atomic E-state index is 11.8. The highest BCUT2D eigenvalue weighted by Crippen LogP contribution is 2.33. The van der Waals surface area contributed by atoms with Crippen molar-refractivity contribution in [2.45, 2.75) is 20.3 Å². The second-order valence-corrected chi connectivity index (χ2v) is 5.01. The van der Waals surface area contributed by atoms with Crippen molar-refractivity contribution in [2.24, 2.45) is 5.92 Å². The molecule has 2 rings (SSSR count). The van der Waals surface area contributed by atoms with E-state index in [-0.39, 0.29) is 24.2 Å². The number of Topliss-reactive ketones (excluding diaryl/α,β-unsaturated/α-hetero) is 1. The summed E-state index contributed by atoms with van der Waals surface area (Å²) in [5.74, 6) is -0.161. The van der Waals surface area contributed by atoms with Gasteiger partial charge >= 0.3 is 0 Å². The summed E-state index contributed by atoms with van der Waals surface area (Å²) in [5.41, 5.74) is 1.19. The normalized spacial score (nSPS) is 20.1. The maximum absolute atomic E-state index is 11.8. The fourth-order valence-corrected chi connectivity index (χ4v) is 3.02. The molecule has 1 fully saturated rings. The SMILES string of the molecule is CC(=O)c1c(C)nsc1N1CC(CO)CC1=O. The van der Waals surface area contributed by atoms with E-state index in [1.807, 2.05) is 0 Å². The Kier molecular flexibility index (Phi) is 3.26. The van der Waals surface area contributed by atoms with Crippen LogP contribution in [0.4, 0.5) is 5.00 Å². The number of hydrogen-bond donors (Lipinski definition) is 1. The molecule has 92 valence electrons. The van der Waals surface area contributed by atoms with Crippen molar-refractivity contribution in [3.05, 3.63) is 11.3 Å². The third kappa shape index (κ3) is 2.10. The van der Waals surface area contributed by atoms with Crippen molar-refractivity contribution >= 4 is 28.2 Å². The minimum atomic E-state index is -0.0773. The molecular weight excluding hydrogens is 240 g/mol. The van der Waals surface area contributed by atoms with Crippen LogP contribution in [-0.4, -0.2) is 34.3 Å². The summed E-state index contributed by atoms with van der Waals surface area (Å²) < 4.78 is 4.13. The van der Waals surface area contributed by atoms with Crippen LogP contribution >= 0.6 is 11.5 Å². The van der Waals surface area contributed by atoms with Crippen LogP contribution in [0.2, 0.25) is 0 Å². The summed E-state index contributed by atoms with van der Waals surface area (Å²) >= 11 is 1.17. The van der Waals surface area contributed by atoms with Gasteiger partial charge in [-0.15, -0.1) is 0 Å². The van der Waals surface area contributed by atoms with Gasteiger partial charge in [-0.1, -0.05) is 0 Å². The lowest BCUT2D eigenvalue weighted by Gasteiger charge is -2.14. The Morgan fingerprint density at radius 1 is 1.65 bits per heavy atom. The highest BCUT2D eigenvalue weighted by Gasteiger charge is 2.33. The standard InChI is InChI=1S/C11H14N2O3S/c1-6-10(7(2)15)11(17-12-6)13-4-8(5-14)3-9(13)16/h8,14H,3-5H2,1-2H3. The molecule has 17 heavy (non-hydrogen) atoms. The molecule has 0 radical (unpaired) electrons. The van der Waals surface area contributed by atoms with Crippen LogP contribution < -0.4 is 4.90 Å². The third-order valence-corrected chi connectivity index (χ3v) is 3.87. The average molecular weight is 254 g/mol. The Bertz CT molecular complexity index is 469. The second-order valence-electron chi connectivity index (χ2n) is 4.26. The van der Waals surface area contributed by atoms with E-state index in [1.165, 1.54) is 18.5 Å². The minimum absolute atomic E-state index is 0.00453. The highest BCUT2D eigenvalue weighted by molar-refractivity contribution is 7.11. The summed E-state index contributed by atoms with van der Waals surface area (Å²) in [4.78, 5) is 24.9. The van der Waals surface area contributed by atoms with Gasteiger partial charge in [-0.05, 0) is 25.4 Å². The number of aryl methyl sites for hydroxylation is 1. The molecule has 1 atom stereocenters. The molecule has 6 heteroatoms. The number of hydrogen-bond acceptors (Lipinski definition) is 5. The first kappa shape index (κ1) is 12.2. The Morgan fingerprint density at radius 3 is 2.88 bits per heavy atom. The van der Waals surface area contributed by atoms with Gasteiger partial charge in [0.2, 0.25) is 5.91 Å². The predicted octanol–water partition coefficient (Wildman–Crippen LogP) is 0.999. The first-order chi connectivity index (χ1) is 8.04. The lowest BCUT2D eigenvalue weighted by Crippen LogP contribution is -2.25. The van der Waals surface area contributed by atoms with Gasteiger partial charge in [0.1, 0.15) is 5.00 Å². The summed E-state index contributed by atoms with van der Waals surface area (Å²) in [6, 6.07) is 0. The molecule has 2 heterocycles. The molecule has 1 aromatic heterocycles. The van der Waals surface area contributed by atoms with Crippen LogP contribution in [0.25, 0.3) is 0 Å². The van der Waals surface area contributed by atoms with Crippen LogP contribution in [0.15, 0.2) is 0 Å². The summed E-state index contributed by atoms with van der Waals surface area (Å²) in [5, 5.41) is 9.70. The fraction of sp³-hybridized carbons (Fsp3) is 0.545. The van der Waals surface area contributed by atoms with Gasteiger partial charge in [0.25, 0.3) is 0 Å². The molecule has 1 amide bonds. The smallest absolute Gasteiger partial charge is 0.228 e. The molecular formula is C11H14N2O3S. The van der Waals surface area contributed by atoms with E-state index in [0.717, 1.165) is 0 Å². The van der Waals surface area contributed by atoms with Crippen molar-refractivity contribution in [2.75, 3.05) is 18.1 Å². The number of aliphatic hydroxyl groups is 1. The first-order valence-corrected chi connectivity index (χ1v) is 6.20. The van der Waals surface area contributed by atoms with Gasteiger partial charge in [0.15, 0.2) is 5.78 Å². The van der Waals surface area contributed by atoms with Crippen LogP contribution in [0.1, 0.15) is 29.4 Å². The number of aliphatic hydroxyl groups excluding tert-OH is 1. The lowest BCUT2D eigenvalue weighted by atomic mass is 10.1. The Labute approximate surface area is 103 Å². The lowest BCUT2D eigenvalue weighted by molar-refractivity contribution is -0.117. The van der Waals surface area contributed by atoms with Crippen LogP contribution in [0.3, 0.4) is 0 Å². The number of carbonyl (C=O) groups excluding carboxylic acids is 2. The van der Waals surface area contributed by atoms with Crippen molar-refractivity contribution in [3.8, 4) is 0 Å². The van der Waals surface area contributed by atoms with Crippen LogP contribution in [0, 0.1) is 12.8 Å². The monoisotopic (exact) mass is 254 g/mol. The predicted molar refractivity (Wildman–Crippen MR) is 64.4 cm³/mol. The Hall–Kier alpha value is -1.27. The zero-order valence-corrected chi connectivity index (χ0v) is 10.6. The molecule has 0 saturated carbocycles. The van der Waals surface area contributed by atoms with Gasteiger partial charge < -0.3 is 10.0 Å². The van der Waals surface area contributed by atoms with Crippen LogP contribution in [-0.2, 0) is 4.79 Å². The summed E-state index contributed by atoms with van der Waals surface area (Å²) in [6.45, 7) is 3.71. The number of rotatable bonds is 3. The minimum Gasteiger partial charge on any atom is -0.396 e. The molecule has 0 bridgehead atoms. The quantitative estimate of drug-likeness (QED) is 0.817. The topological polar surface area (TPSA) is 70.5 Å². The number of aromatic nitrogens is 1. The third-order valence-electron chi connectivity index (χ3n) is 2.91. The maximum Gasteiger partial charge on any atom is 0.228 e. The van der Waals surface area contributed by atoms with E-state index in [2.05, 4.69) is 4.37 Å². The number of ketones is 1. The first-order valence-electron chi connectivity index (χ1n) is 5.43. The van der Waals surface area contributed by atoms with Gasteiger partial charge in [-0.2, -0.15) is 4.37 Å². The summed E-state index contributed by atoms with van der Waals surface area (Å²) in [7, 11) is 0. The van der Waals surface area contributed by atoms with Crippen molar-refractivity contribution in [3.63, 3.8) is 0 Å². The van der Waals surface area contributed by atoms with Gasteiger partial charge in [-0.3, -0.25) is 9.59 Å². The largest absolute Gasteiger partial charge is 0.396 e. The highest BCUT2D eigenvalue weighted by atomic mass is 32.1. The van der Waals surface area contributed by atoms with Crippen LogP contribution in [0.5, 0.6) is 0 Å². The van der Waals surface area contributed by atoms with Crippen molar-refractivity contribution < 1.29 is 14.7 Å². The van der Waals surface area contributed by atoms with Gasteiger partial charge in [0.05, 0.1) is 11.3 Å². The van der Waals surface area contributed by atoms with E-state index in [4.69, 9.17) is 5.11 Å². The van der Waals surface area contributed by atoms with E-state index in [9.17, 15) is 9.59 Å². The molecule has 0 spiro atoms. The van der Waals surface area contributed by atoms with Crippen molar-refractivity contribution in [1.29, 1.82) is 0 Å². The van der Waals surface area contributed by atoms with E-state index in [1.54, 1.807) is 11.8 Å².